The van der Waals surface area contributed by atoms with E-state index in [1.54, 1.807) is 18.2 Å². The van der Waals surface area contributed by atoms with E-state index in [-0.39, 0.29) is 5.56 Å². The minimum Gasteiger partial charge on any atom is -0.465 e. The fourth-order valence-electron chi connectivity index (χ4n) is 1.86. The smallest absolute Gasteiger partial charge is 0.337 e. The number of hydrogen-bond acceptors (Lipinski definition) is 3. The highest BCUT2D eigenvalue weighted by atomic mass is 19.1. The number of methoxy groups -OCH3 is 1. The van der Waals surface area contributed by atoms with Crippen molar-refractivity contribution >= 4 is 5.97 Å². The Hall–Kier alpha value is -2.20. The molecule has 98 valence electrons. The van der Waals surface area contributed by atoms with E-state index in [0.29, 0.717) is 12.1 Å². The molecule has 4 heteroatoms. The molecule has 0 fully saturated rings. The number of carbonyl (C=O) groups is 1. The summed E-state index contributed by atoms with van der Waals surface area (Å²) in [6.45, 7) is 0.399. The van der Waals surface area contributed by atoms with Crippen molar-refractivity contribution in [2.45, 2.75) is 6.54 Å². The summed E-state index contributed by atoms with van der Waals surface area (Å²) in [7, 11) is 1.26. The maximum Gasteiger partial charge on any atom is 0.337 e. The standard InChI is InChI=1S/C15H14FNO2/c1-19-15(18)12-5-6-13(14(16)8-12)11-4-2-3-10(7-11)9-17/h2-8H,9,17H2,1H3. The van der Waals surface area contributed by atoms with E-state index in [1.165, 1.54) is 13.2 Å². The summed E-state index contributed by atoms with van der Waals surface area (Å²) in [4.78, 5) is 11.3. The fraction of sp³-hybridized carbons (Fsp3) is 0.133. The number of rotatable bonds is 3. The topological polar surface area (TPSA) is 52.3 Å². The minimum atomic E-state index is -0.554. The zero-order chi connectivity index (χ0) is 13.8. The van der Waals surface area contributed by atoms with E-state index in [2.05, 4.69) is 4.74 Å². The van der Waals surface area contributed by atoms with E-state index >= 15 is 0 Å². The number of halogens is 1. The molecule has 0 heterocycles. The number of ether oxygens (including phenoxy) is 1. The lowest BCUT2D eigenvalue weighted by Gasteiger charge is -2.07. The summed E-state index contributed by atoms with van der Waals surface area (Å²) in [6.07, 6.45) is 0. The Bertz CT molecular complexity index is 611. The molecule has 2 rings (SSSR count). The third-order valence-electron chi connectivity index (χ3n) is 2.86. The lowest BCUT2D eigenvalue weighted by atomic mass is 10.0. The second-order valence-corrected chi connectivity index (χ2v) is 4.09. The van der Waals surface area contributed by atoms with Crippen LogP contribution in [0.15, 0.2) is 42.5 Å². The van der Waals surface area contributed by atoms with Crippen molar-refractivity contribution in [3.8, 4) is 11.1 Å². The summed E-state index contributed by atoms with van der Waals surface area (Å²) in [6, 6.07) is 11.6. The first-order valence-electron chi connectivity index (χ1n) is 5.83. The van der Waals surface area contributed by atoms with Crippen LogP contribution < -0.4 is 5.73 Å². The first-order chi connectivity index (χ1) is 9.15. The van der Waals surface area contributed by atoms with Gasteiger partial charge in [-0.15, -0.1) is 0 Å². The zero-order valence-electron chi connectivity index (χ0n) is 10.5. The highest BCUT2D eigenvalue weighted by Crippen LogP contribution is 2.24. The second-order valence-electron chi connectivity index (χ2n) is 4.09. The van der Waals surface area contributed by atoms with E-state index < -0.39 is 11.8 Å². The van der Waals surface area contributed by atoms with Gasteiger partial charge < -0.3 is 10.5 Å². The molecule has 0 saturated carbocycles. The van der Waals surface area contributed by atoms with Crippen LogP contribution in [0.4, 0.5) is 4.39 Å². The molecular weight excluding hydrogens is 245 g/mol. The SMILES string of the molecule is COC(=O)c1ccc(-c2cccc(CN)c2)c(F)c1. The molecule has 0 aliphatic heterocycles. The van der Waals surface area contributed by atoms with Gasteiger partial charge in [0.15, 0.2) is 0 Å². The van der Waals surface area contributed by atoms with E-state index in [1.807, 2.05) is 18.2 Å². The lowest BCUT2D eigenvalue weighted by Crippen LogP contribution is -2.02. The van der Waals surface area contributed by atoms with Crippen LogP contribution in [0.25, 0.3) is 11.1 Å². The molecule has 0 saturated heterocycles. The van der Waals surface area contributed by atoms with Gasteiger partial charge in [-0.05, 0) is 29.3 Å². The Balaban J connectivity index is 2.42. The van der Waals surface area contributed by atoms with Crippen LogP contribution in [0.3, 0.4) is 0 Å². The number of hydrogen-bond donors (Lipinski definition) is 1. The number of nitrogens with two attached hydrogens (primary N) is 1. The van der Waals surface area contributed by atoms with Gasteiger partial charge in [0.2, 0.25) is 0 Å². The normalized spacial score (nSPS) is 10.3. The third kappa shape index (κ3) is 2.80. The van der Waals surface area contributed by atoms with Crippen LogP contribution in [-0.2, 0) is 11.3 Å². The van der Waals surface area contributed by atoms with Crippen molar-refractivity contribution in [2.24, 2.45) is 5.73 Å². The van der Waals surface area contributed by atoms with Gasteiger partial charge in [-0.2, -0.15) is 0 Å². The maximum absolute atomic E-state index is 14.0. The first kappa shape index (κ1) is 13.2. The van der Waals surface area contributed by atoms with Crippen molar-refractivity contribution in [3.05, 3.63) is 59.4 Å². The molecule has 3 nitrogen and oxygen atoms in total. The lowest BCUT2D eigenvalue weighted by molar-refractivity contribution is 0.0600. The molecule has 2 aromatic rings. The molecule has 0 bridgehead atoms. The quantitative estimate of drug-likeness (QED) is 0.862. The van der Waals surface area contributed by atoms with Crippen LogP contribution in [0.5, 0.6) is 0 Å². The van der Waals surface area contributed by atoms with Gasteiger partial charge in [0.25, 0.3) is 0 Å². The minimum absolute atomic E-state index is 0.193. The van der Waals surface area contributed by atoms with Crippen LogP contribution in [0, 0.1) is 5.82 Å². The summed E-state index contributed by atoms with van der Waals surface area (Å²) < 4.78 is 18.6. The van der Waals surface area contributed by atoms with Gasteiger partial charge in [-0.3, -0.25) is 0 Å². The van der Waals surface area contributed by atoms with Gasteiger partial charge in [0, 0.05) is 12.1 Å². The van der Waals surface area contributed by atoms with Crippen LogP contribution in [0.1, 0.15) is 15.9 Å². The van der Waals surface area contributed by atoms with Gasteiger partial charge >= 0.3 is 5.97 Å². The number of benzene rings is 2. The Morgan fingerprint density at radius 1 is 1.26 bits per heavy atom. The summed E-state index contributed by atoms with van der Waals surface area (Å²) in [5, 5.41) is 0. The van der Waals surface area contributed by atoms with Crippen molar-refractivity contribution in [1.29, 1.82) is 0 Å². The predicted molar refractivity (Wildman–Crippen MR) is 71.1 cm³/mol. The molecule has 0 radical (unpaired) electrons. The molecular formula is C15H14FNO2. The average Bonchev–Trinajstić information content (AvgIpc) is 2.46. The van der Waals surface area contributed by atoms with Gasteiger partial charge in [0.05, 0.1) is 12.7 Å². The molecule has 0 aliphatic rings. The third-order valence-corrected chi connectivity index (χ3v) is 2.86. The largest absolute Gasteiger partial charge is 0.465 e. The molecule has 2 aromatic carbocycles. The van der Waals surface area contributed by atoms with E-state index in [9.17, 15) is 9.18 Å². The monoisotopic (exact) mass is 259 g/mol. The fourth-order valence-corrected chi connectivity index (χ4v) is 1.86. The van der Waals surface area contributed by atoms with Crippen molar-refractivity contribution in [3.63, 3.8) is 0 Å². The molecule has 0 amide bonds. The van der Waals surface area contributed by atoms with E-state index in [4.69, 9.17) is 5.73 Å². The summed E-state index contributed by atoms with van der Waals surface area (Å²) in [5.74, 6) is -1.02. The highest BCUT2D eigenvalue weighted by molar-refractivity contribution is 5.90. The first-order valence-corrected chi connectivity index (χ1v) is 5.83. The van der Waals surface area contributed by atoms with Crippen molar-refractivity contribution in [1.82, 2.24) is 0 Å². The Morgan fingerprint density at radius 3 is 2.68 bits per heavy atom. The molecule has 0 atom stereocenters. The Morgan fingerprint density at radius 2 is 2.05 bits per heavy atom. The summed E-state index contributed by atoms with van der Waals surface area (Å²) >= 11 is 0. The average molecular weight is 259 g/mol. The van der Waals surface area contributed by atoms with Crippen LogP contribution in [-0.4, -0.2) is 13.1 Å². The zero-order valence-corrected chi connectivity index (χ0v) is 10.5. The van der Waals surface area contributed by atoms with Gasteiger partial charge in [0.1, 0.15) is 5.82 Å². The number of esters is 1. The van der Waals surface area contributed by atoms with Crippen molar-refractivity contribution < 1.29 is 13.9 Å². The van der Waals surface area contributed by atoms with Gasteiger partial charge in [-0.25, -0.2) is 9.18 Å². The van der Waals surface area contributed by atoms with Crippen LogP contribution in [0.2, 0.25) is 0 Å². The summed E-state index contributed by atoms with van der Waals surface area (Å²) in [5.41, 5.74) is 7.85. The molecule has 2 N–H and O–H groups in total. The molecule has 0 unspecified atom stereocenters. The molecule has 0 aromatic heterocycles. The predicted octanol–water partition coefficient (Wildman–Crippen LogP) is 2.74. The molecule has 0 aliphatic carbocycles. The van der Waals surface area contributed by atoms with E-state index in [0.717, 1.165) is 11.1 Å². The van der Waals surface area contributed by atoms with Crippen molar-refractivity contribution in [2.75, 3.05) is 7.11 Å². The Labute approximate surface area is 110 Å². The molecule has 19 heavy (non-hydrogen) atoms. The molecule has 0 spiro atoms. The maximum atomic E-state index is 14.0. The second kappa shape index (κ2) is 5.63. The highest BCUT2D eigenvalue weighted by Gasteiger charge is 2.11. The Kier molecular flexibility index (Phi) is 3.92. The van der Waals surface area contributed by atoms with Gasteiger partial charge in [-0.1, -0.05) is 24.3 Å². The van der Waals surface area contributed by atoms with Crippen LogP contribution >= 0.6 is 0 Å². The number of carbonyl (C=O) groups excluding carboxylic acids is 1.